The zero-order chi connectivity index (χ0) is 13.8. The van der Waals surface area contributed by atoms with E-state index >= 15 is 0 Å². The molecular weight excluding hydrogens is 332 g/mol. The number of halogens is 2. The molecule has 1 heterocycles. The van der Waals surface area contributed by atoms with Crippen molar-refractivity contribution < 1.29 is 4.74 Å². The lowest BCUT2D eigenvalue weighted by atomic mass is 10.2. The second-order valence-corrected chi connectivity index (χ2v) is 5.04. The first kappa shape index (κ1) is 14.0. The standard InChI is InChI=1S/C12H12BrClN4O/c1-3-19-12-17-10(14)16-11(18-12)15-9-5-7(2)4-8(13)6-9/h4-6H,3H2,1-2H3,(H,15,16,17,18). The number of hydrogen-bond donors (Lipinski definition) is 1. The lowest BCUT2D eigenvalue weighted by Gasteiger charge is -2.08. The van der Waals surface area contributed by atoms with Gasteiger partial charge in [-0.15, -0.1) is 0 Å². The summed E-state index contributed by atoms with van der Waals surface area (Å²) >= 11 is 9.26. The van der Waals surface area contributed by atoms with Crippen LogP contribution < -0.4 is 10.1 Å². The SMILES string of the molecule is CCOc1nc(Cl)nc(Nc2cc(C)cc(Br)c2)n1. The van der Waals surface area contributed by atoms with Crippen molar-refractivity contribution in [1.29, 1.82) is 0 Å². The monoisotopic (exact) mass is 342 g/mol. The molecule has 0 saturated heterocycles. The summed E-state index contributed by atoms with van der Waals surface area (Å²) in [6.45, 7) is 4.32. The summed E-state index contributed by atoms with van der Waals surface area (Å²) in [6.07, 6.45) is 0. The molecule has 2 rings (SSSR count). The number of aryl methyl sites for hydroxylation is 1. The maximum atomic E-state index is 5.82. The van der Waals surface area contributed by atoms with E-state index < -0.39 is 0 Å². The summed E-state index contributed by atoms with van der Waals surface area (Å²) in [6, 6.07) is 6.11. The van der Waals surface area contributed by atoms with Crippen LogP contribution in [0.15, 0.2) is 22.7 Å². The van der Waals surface area contributed by atoms with E-state index in [2.05, 4.69) is 36.2 Å². The van der Waals surface area contributed by atoms with Crippen molar-refractivity contribution in [3.05, 3.63) is 33.5 Å². The van der Waals surface area contributed by atoms with Gasteiger partial charge in [-0.1, -0.05) is 15.9 Å². The molecule has 0 saturated carbocycles. The first-order chi connectivity index (χ1) is 9.06. The molecule has 0 aliphatic carbocycles. The highest BCUT2D eigenvalue weighted by Gasteiger charge is 2.06. The average molecular weight is 344 g/mol. The molecule has 1 aromatic carbocycles. The zero-order valence-electron chi connectivity index (χ0n) is 10.4. The third-order valence-corrected chi connectivity index (χ3v) is 2.79. The lowest BCUT2D eigenvalue weighted by Crippen LogP contribution is -2.03. The van der Waals surface area contributed by atoms with Crippen LogP contribution in [-0.4, -0.2) is 21.6 Å². The minimum Gasteiger partial charge on any atom is -0.464 e. The van der Waals surface area contributed by atoms with E-state index in [0.29, 0.717) is 12.6 Å². The molecule has 0 aliphatic heterocycles. The Morgan fingerprint density at radius 1 is 1.26 bits per heavy atom. The molecule has 0 spiro atoms. The summed E-state index contributed by atoms with van der Waals surface area (Å²) in [5.74, 6) is 0.348. The largest absolute Gasteiger partial charge is 0.464 e. The number of ether oxygens (including phenoxy) is 1. The van der Waals surface area contributed by atoms with Crippen LogP contribution in [0.4, 0.5) is 11.6 Å². The fourth-order valence-electron chi connectivity index (χ4n) is 1.52. The van der Waals surface area contributed by atoms with Gasteiger partial charge in [0.05, 0.1) is 6.61 Å². The van der Waals surface area contributed by atoms with Gasteiger partial charge in [0.15, 0.2) is 0 Å². The fourth-order valence-corrected chi connectivity index (χ4v) is 2.28. The van der Waals surface area contributed by atoms with Gasteiger partial charge in [0.2, 0.25) is 11.2 Å². The van der Waals surface area contributed by atoms with Crippen molar-refractivity contribution in [2.24, 2.45) is 0 Å². The third-order valence-electron chi connectivity index (χ3n) is 2.16. The topological polar surface area (TPSA) is 59.9 Å². The number of rotatable bonds is 4. The van der Waals surface area contributed by atoms with E-state index in [9.17, 15) is 0 Å². The summed E-state index contributed by atoms with van der Waals surface area (Å²) in [5, 5.41) is 3.16. The first-order valence-electron chi connectivity index (χ1n) is 5.65. The summed E-state index contributed by atoms with van der Waals surface area (Å²) in [5.41, 5.74) is 1.97. The van der Waals surface area contributed by atoms with Gasteiger partial charge in [0, 0.05) is 10.2 Å². The van der Waals surface area contributed by atoms with E-state index in [1.807, 2.05) is 32.0 Å². The molecular formula is C12H12BrClN4O. The molecule has 1 N–H and O–H groups in total. The van der Waals surface area contributed by atoms with Crippen molar-refractivity contribution in [1.82, 2.24) is 15.0 Å². The second kappa shape index (κ2) is 6.16. The van der Waals surface area contributed by atoms with Gasteiger partial charge in [-0.05, 0) is 49.2 Å². The Bertz CT molecular complexity index is 574. The van der Waals surface area contributed by atoms with E-state index in [-0.39, 0.29) is 11.3 Å². The molecule has 19 heavy (non-hydrogen) atoms. The minimum atomic E-state index is 0.0904. The Morgan fingerprint density at radius 3 is 2.74 bits per heavy atom. The zero-order valence-corrected chi connectivity index (χ0v) is 12.8. The molecule has 0 fully saturated rings. The van der Waals surface area contributed by atoms with E-state index in [0.717, 1.165) is 15.7 Å². The lowest BCUT2D eigenvalue weighted by molar-refractivity contribution is 0.312. The van der Waals surface area contributed by atoms with Gasteiger partial charge in [0.25, 0.3) is 0 Å². The number of nitrogens with zero attached hydrogens (tertiary/aromatic N) is 3. The quantitative estimate of drug-likeness (QED) is 0.916. The Balaban J connectivity index is 2.27. The van der Waals surface area contributed by atoms with Crippen molar-refractivity contribution >= 4 is 39.2 Å². The Labute approximate surface area is 124 Å². The Morgan fingerprint density at radius 2 is 2.05 bits per heavy atom. The Kier molecular flexibility index (Phi) is 4.55. The normalized spacial score (nSPS) is 10.3. The molecule has 0 amide bonds. The van der Waals surface area contributed by atoms with Gasteiger partial charge in [-0.2, -0.15) is 15.0 Å². The van der Waals surface area contributed by atoms with Crippen LogP contribution in [0.5, 0.6) is 6.01 Å². The molecule has 100 valence electrons. The number of hydrogen-bond acceptors (Lipinski definition) is 5. The number of aromatic nitrogens is 3. The molecule has 5 nitrogen and oxygen atoms in total. The molecule has 7 heteroatoms. The van der Waals surface area contributed by atoms with Crippen molar-refractivity contribution in [2.45, 2.75) is 13.8 Å². The van der Waals surface area contributed by atoms with Crippen LogP contribution in [-0.2, 0) is 0 Å². The molecule has 0 atom stereocenters. The van der Waals surface area contributed by atoms with Crippen LogP contribution in [0.2, 0.25) is 5.28 Å². The van der Waals surface area contributed by atoms with Gasteiger partial charge in [0.1, 0.15) is 0 Å². The fraction of sp³-hybridized carbons (Fsp3) is 0.250. The van der Waals surface area contributed by atoms with Gasteiger partial charge in [-0.25, -0.2) is 0 Å². The first-order valence-corrected chi connectivity index (χ1v) is 6.82. The Hall–Kier alpha value is -1.40. The molecule has 0 aliphatic rings. The number of nitrogens with one attached hydrogen (secondary N) is 1. The van der Waals surface area contributed by atoms with Crippen molar-refractivity contribution in [2.75, 3.05) is 11.9 Å². The highest BCUT2D eigenvalue weighted by molar-refractivity contribution is 9.10. The van der Waals surface area contributed by atoms with Crippen molar-refractivity contribution in [3.8, 4) is 6.01 Å². The number of benzene rings is 1. The number of anilines is 2. The minimum absolute atomic E-state index is 0.0904. The molecule has 0 unspecified atom stereocenters. The summed E-state index contributed by atoms with van der Waals surface area (Å²) < 4.78 is 6.19. The molecule has 0 bridgehead atoms. The molecule has 2 aromatic rings. The van der Waals surface area contributed by atoms with Crippen molar-refractivity contribution in [3.63, 3.8) is 0 Å². The molecule has 0 radical (unpaired) electrons. The second-order valence-electron chi connectivity index (χ2n) is 3.79. The highest BCUT2D eigenvalue weighted by atomic mass is 79.9. The van der Waals surface area contributed by atoms with Crippen LogP contribution in [0, 0.1) is 6.92 Å². The molecule has 1 aromatic heterocycles. The van der Waals surface area contributed by atoms with E-state index in [1.165, 1.54) is 0 Å². The average Bonchev–Trinajstić information content (AvgIpc) is 2.26. The van der Waals surface area contributed by atoms with Crippen LogP contribution in [0.3, 0.4) is 0 Å². The third kappa shape index (κ3) is 4.04. The van der Waals surface area contributed by atoms with Crippen LogP contribution in [0.25, 0.3) is 0 Å². The summed E-state index contributed by atoms with van der Waals surface area (Å²) in [4.78, 5) is 12.0. The van der Waals surface area contributed by atoms with Gasteiger partial charge < -0.3 is 10.1 Å². The predicted molar refractivity (Wildman–Crippen MR) is 78.2 cm³/mol. The van der Waals surface area contributed by atoms with E-state index in [4.69, 9.17) is 16.3 Å². The smallest absolute Gasteiger partial charge is 0.322 e. The highest BCUT2D eigenvalue weighted by Crippen LogP contribution is 2.22. The van der Waals surface area contributed by atoms with Crippen LogP contribution >= 0.6 is 27.5 Å². The van der Waals surface area contributed by atoms with E-state index in [1.54, 1.807) is 0 Å². The van der Waals surface area contributed by atoms with Gasteiger partial charge >= 0.3 is 6.01 Å². The predicted octanol–water partition coefficient (Wildman–Crippen LogP) is 3.74. The van der Waals surface area contributed by atoms with Crippen LogP contribution in [0.1, 0.15) is 12.5 Å². The maximum absolute atomic E-state index is 5.82. The van der Waals surface area contributed by atoms with Gasteiger partial charge in [-0.3, -0.25) is 0 Å². The maximum Gasteiger partial charge on any atom is 0.322 e. The summed E-state index contributed by atoms with van der Waals surface area (Å²) in [7, 11) is 0.